The highest BCUT2D eigenvalue weighted by molar-refractivity contribution is 5.26. The number of hydrogen-bond donors (Lipinski definition) is 1. The van der Waals surface area contributed by atoms with Gasteiger partial charge >= 0.3 is 0 Å². The number of alkyl halides is 2. The van der Waals surface area contributed by atoms with Gasteiger partial charge in [-0.25, -0.2) is 8.78 Å². The molecule has 0 aromatic carbocycles. The molecule has 13 heavy (non-hydrogen) atoms. The summed E-state index contributed by atoms with van der Waals surface area (Å²) in [5, 5.41) is 0. The summed E-state index contributed by atoms with van der Waals surface area (Å²) >= 11 is 0. The molecule has 4 heteroatoms. The summed E-state index contributed by atoms with van der Waals surface area (Å²) in [6, 6.07) is 1.71. The lowest BCUT2D eigenvalue weighted by molar-refractivity contribution is 0.116. The lowest BCUT2D eigenvalue weighted by Gasteiger charge is -2.15. The van der Waals surface area contributed by atoms with Crippen molar-refractivity contribution in [2.75, 3.05) is 6.54 Å². The van der Waals surface area contributed by atoms with Crippen LogP contribution in [0.15, 0.2) is 18.5 Å². The van der Waals surface area contributed by atoms with Gasteiger partial charge in [-0.05, 0) is 24.1 Å². The third kappa shape index (κ3) is 2.21. The molecule has 2 N–H and O–H groups in total. The van der Waals surface area contributed by atoms with E-state index in [1.165, 1.54) is 6.20 Å². The second-order valence-electron chi connectivity index (χ2n) is 2.91. The molecule has 0 amide bonds. The fourth-order valence-corrected chi connectivity index (χ4v) is 1.23. The van der Waals surface area contributed by atoms with Gasteiger partial charge in [-0.15, -0.1) is 0 Å². The van der Waals surface area contributed by atoms with Crippen molar-refractivity contribution < 1.29 is 8.78 Å². The van der Waals surface area contributed by atoms with E-state index in [1.807, 2.05) is 0 Å². The molecule has 0 radical (unpaired) electrons. The van der Waals surface area contributed by atoms with Crippen molar-refractivity contribution in [2.45, 2.75) is 19.3 Å². The van der Waals surface area contributed by atoms with Crippen molar-refractivity contribution in [3.8, 4) is 0 Å². The Labute approximate surface area is 75.8 Å². The fourth-order valence-electron chi connectivity index (χ4n) is 1.23. The average molecular weight is 186 g/mol. The molecule has 0 aliphatic rings. The predicted octanol–water partition coefficient (Wildman–Crippen LogP) is 1.70. The van der Waals surface area contributed by atoms with Crippen LogP contribution in [0.2, 0.25) is 0 Å². The van der Waals surface area contributed by atoms with Crippen molar-refractivity contribution >= 4 is 0 Å². The smallest absolute Gasteiger partial charge is 0.246 e. The van der Waals surface area contributed by atoms with Crippen molar-refractivity contribution in [3.05, 3.63) is 29.6 Å². The van der Waals surface area contributed by atoms with Gasteiger partial charge in [0.15, 0.2) is 0 Å². The van der Waals surface area contributed by atoms with Crippen LogP contribution in [0.25, 0.3) is 0 Å². The molecule has 1 rings (SSSR count). The van der Waals surface area contributed by atoms with Crippen LogP contribution in [0, 0.1) is 6.92 Å². The monoisotopic (exact) mass is 186 g/mol. The van der Waals surface area contributed by atoms with Crippen LogP contribution in [0.4, 0.5) is 8.78 Å². The maximum atomic E-state index is 12.5. The zero-order valence-corrected chi connectivity index (χ0v) is 7.37. The molecule has 0 spiro atoms. The molecule has 0 saturated carbocycles. The Morgan fingerprint density at radius 1 is 1.54 bits per heavy atom. The highest BCUT2D eigenvalue weighted by Gasteiger charge is 2.22. The molecule has 0 bridgehead atoms. The van der Waals surface area contributed by atoms with Crippen LogP contribution in [0.5, 0.6) is 0 Å². The van der Waals surface area contributed by atoms with Crippen LogP contribution in [0.3, 0.4) is 0 Å². The molecule has 1 heterocycles. The standard InChI is InChI=1S/C9H12F2N2/c1-6-2-3-13-5-8(6)7(4-12)9(10)11/h2-3,5,7,9H,4,12H2,1H3. The number of aromatic nitrogens is 1. The summed E-state index contributed by atoms with van der Waals surface area (Å²) in [5.74, 6) is -0.895. The lowest BCUT2D eigenvalue weighted by Crippen LogP contribution is -2.20. The first-order valence-electron chi connectivity index (χ1n) is 4.05. The normalized spacial score (nSPS) is 13.3. The van der Waals surface area contributed by atoms with Gasteiger partial charge in [-0.3, -0.25) is 4.98 Å². The number of hydrogen-bond acceptors (Lipinski definition) is 2. The lowest BCUT2D eigenvalue weighted by atomic mass is 9.97. The average Bonchev–Trinajstić information content (AvgIpc) is 2.09. The molecule has 0 fully saturated rings. The first-order chi connectivity index (χ1) is 6.16. The van der Waals surface area contributed by atoms with E-state index in [1.54, 1.807) is 19.2 Å². The van der Waals surface area contributed by atoms with Gasteiger partial charge in [0.05, 0.1) is 5.92 Å². The third-order valence-corrected chi connectivity index (χ3v) is 2.04. The van der Waals surface area contributed by atoms with Gasteiger partial charge in [0.2, 0.25) is 6.43 Å². The Balaban J connectivity index is 2.97. The number of nitrogens with two attached hydrogens (primary N) is 1. The van der Waals surface area contributed by atoms with Gasteiger partial charge < -0.3 is 5.73 Å². The van der Waals surface area contributed by atoms with Crippen molar-refractivity contribution in [2.24, 2.45) is 5.73 Å². The van der Waals surface area contributed by atoms with E-state index in [-0.39, 0.29) is 6.54 Å². The van der Waals surface area contributed by atoms with Crippen molar-refractivity contribution in [1.82, 2.24) is 4.98 Å². The summed E-state index contributed by atoms with van der Waals surface area (Å²) in [4.78, 5) is 3.81. The first-order valence-corrected chi connectivity index (χ1v) is 4.05. The maximum Gasteiger partial charge on any atom is 0.246 e. The molecule has 0 aliphatic heterocycles. The number of aryl methyl sites for hydroxylation is 1. The summed E-state index contributed by atoms with van der Waals surface area (Å²) in [6.07, 6.45) is 0.615. The van der Waals surface area contributed by atoms with Gasteiger partial charge in [-0.1, -0.05) is 0 Å². The Morgan fingerprint density at radius 2 is 2.23 bits per heavy atom. The number of halogens is 2. The van der Waals surface area contributed by atoms with E-state index < -0.39 is 12.3 Å². The van der Waals surface area contributed by atoms with Gasteiger partial charge in [0.25, 0.3) is 0 Å². The molecule has 1 unspecified atom stereocenters. The van der Waals surface area contributed by atoms with Gasteiger partial charge in [0.1, 0.15) is 0 Å². The Kier molecular flexibility index (Phi) is 3.31. The Bertz CT molecular complexity index is 276. The van der Waals surface area contributed by atoms with E-state index in [9.17, 15) is 8.78 Å². The maximum absolute atomic E-state index is 12.5. The fraction of sp³-hybridized carbons (Fsp3) is 0.444. The Morgan fingerprint density at radius 3 is 2.69 bits per heavy atom. The van der Waals surface area contributed by atoms with Gasteiger partial charge in [-0.2, -0.15) is 0 Å². The van der Waals surface area contributed by atoms with Crippen LogP contribution >= 0.6 is 0 Å². The molecule has 1 atom stereocenters. The Hall–Kier alpha value is -1.03. The number of pyridine rings is 1. The zero-order chi connectivity index (χ0) is 9.84. The quantitative estimate of drug-likeness (QED) is 0.780. The molecule has 0 aliphatic carbocycles. The summed E-state index contributed by atoms with van der Waals surface area (Å²) in [5.41, 5.74) is 6.62. The van der Waals surface area contributed by atoms with Gasteiger partial charge in [0, 0.05) is 18.9 Å². The molecule has 0 saturated heterocycles. The minimum atomic E-state index is -2.42. The number of rotatable bonds is 3. The van der Waals surface area contributed by atoms with Crippen molar-refractivity contribution in [3.63, 3.8) is 0 Å². The highest BCUT2D eigenvalue weighted by Crippen LogP contribution is 2.23. The molecular weight excluding hydrogens is 174 g/mol. The topological polar surface area (TPSA) is 38.9 Å². The van der Waals surface area contributed by atoms with Crippen LogP contribution < -0.4 is 5.73 Å². The SMILES string of the molecule is Cc1ccncc1C(CN)C(F)F. The van der Waals surface area contributed by atoms with E-state index in [4.69, 9.17) is 5.73 Å². The second-order valence-corrected chi connectivity index (χ2v) is 2.91. The molecular formula is C9H12F2N2. The first kappa shape index (κ1) is 10.1. The molecule has 72 valence electrons. The summed E-state index contributed by atoms with van der Waals surface area (Å²) < 4.78 is 24.9. The molecule has 2 nitrogen and oxygen atoms in total. The van der Waals surface area contributed by atoms with Crippen LogP contribution in [0.1, 0.15) is 17.0 Å². The third-order valence-electron chi connectivity index (χ3n) is 2.04. The predicted molar refractivity (Wildman–Crippen MR) is 46.8 cm³/mol. The van der Waals surface area contributed by atoms with E-state index in [2.05, 4.69) is 4.98 Å². The largest absolute Gasteiger partial charge is 0.330 e. The minimum Gasteiger partial charge on any atom is -0.330 e. The minimum absolute atomic E-state index is 0.0514. The van der Waals surface area contributed by atoms with Crippen LogP contribution in [-0.2, 0) is 0 Å². The molecule has 1 aromatic heterocycles. The van der Waals surface area contributed by atoms with E-state index in [0.717, 1.165) is 5.56 Å². The molecule has 1 aromatic rings. The summed E-state index contributed by atoms with van der Waals surface area (Å²) in [6.45, 7) is 1.73. The number of nitrogens with zero attached hydrogens (tertiary/aromatic N) is 1. The summed E-state index contributed by atoms with van der Waals surface area (Å²) in [7, 11) is 0. The van der Waals surface area contributed by atoms with E-state index in [0.29, 0.717) is 5.56 Å². The zero-order valence-electron chi connectivity index (χ0n) is 7.37. The van der Waals surface area contributed by atoms with Crippen LogP contribution in [-0.4, -0.2) is 18.0 Å². The second kappa shape index (κ2) is 4.28. The van der Waals surface area contributed by atoms with Crippen molar-refractivity contribution in [1.29, 1.82) is 0 Å². The highest BCUT2D eigenvalue weighted by atomic mass is 19.3. The van der Waals surface area contributed by atoms with E-state index >= 15 is 0 Å².